The molecule has 0 radical (unpaired) electrons. The van der Waals surface area contributed by atoms with Gasteiger partial charge in [-0.25, -0.2) is 0 Å². The van der Waals surface area contributed by atoms with Crippen LogP contribution in [0.5, 0.6) is 5.75 Å². The molecule has 0 aliphatic rings. The van der Waals surface area contributed by atoms with E-state index < -0.39 is 0 Å². The highest BCUT2D eigenvalue weighted by Gasteiger charge is 2.11. The SMILES string of the molecule is Cn1c(COc2ccccc2Cl)nnc1SCc1ccc(Cl)c(Cl)c1. The van der Waals surface area contributed by atoms with Gasteiger partial charge in [-0.05, 0) is 29.8 Å². The van der Waals surface area contributed by atoms with E-state index in [1.165, 1.54) is 0 Å². The van der Waals surface area contributed by atoms with Gasteiger partial charge in [0.1, 0.15) is 12.4 Å². The van der Waals surface area contributed by atoms with Crippen molar-refractivity contribution >= 4 is 46.6 Å². The van der Waals surface area contributed by atoms with Gasteiger partial charge in [0.15, 0.2) is 11.0 Å². The molecule has 0 fully saturated rings. The van der Waals surface area contributed by atoms with Crippen molar-refractivity contribution in [2.24, 2.45) is 7.05 Å². The molecule has 8 heteroatoms. The van der Waals surface area contributed by atoms with Gasteiger partial charge in [-0.1, -0.05) is 64.8 Å². The van der Waals surface area contributed by atoms with E-state index in [4.69, 9.17) is 39.5 Å². The van der Waals surface area contributed by atoms with E-state index in [2.05, 4.69) is 10.2 Å². The van der Waals surface area contributed by atoms with Crippen LogP contribution in [0.1, 0.15) is 11.4 Å². The van der Waals surface area contributed by atoms with Gasteiger partial charge in [0.2, 0.25) is 0 Å². The Balaban J connectivity index is 1.62. The number of hydrogen-bond acceptors (Lipinski definition) is 4. The summed E-state index contributed by atoms with van der Waals surface area (Å²) in [7, 11) is 1.91. The number of halogens is 3. The number of para-hydroxylation sites is 1. The highest BCUT2D eigenvalue weighted by molar-refractivity contribution is 7.98. The van der Waals surface area contributed by atoms with Crippen LogP contribution < -0.4 is 4.74 Å². The van der Waals surface area contributed by atoms with Gasteiger partial charge >= 0.3 is 0 Å². The third-order valence-corrected chi connectivity index (χ3v) is 5.61. The maximum atomic E-state index is 6.08. The fourth-order valence-corrected chi connectivity index (χ4v) is 3.46. The number of nitrogens with zero attached hydrogens (tertiary/aromatic N) is 3. The molecule has 2 aromatic carbocycles. The minimum Gasteiger partial charge on any atom is -0.484 e. The van der Waals surface area contributed by atoms with Crippen LogP contribution in [0.25, 0.3) is 0 Å². The summed E-state index contributed by atoms with van der Waals surface area (Å²) in [5.41, 5.74) is 1.07. The Morgan fingerprint density at radius 3 is 2.56 bits per heavy atom. The lowest BCUT2D eigenvalue weighted by Crippen LogP contribution is -2.04. The van der Waals surface area contributed by atoms with Crippen LogP contribution in [0.3, 0.4) is 0 Å². The Hall–Kier alpha value is -1.40. The zero-order chi connectivity index (χ0) is 17.8. The van der Waals surface area contributed by atoms with E-state index in [1.807, 2.05) is 41.9 Å². The van der Waals surface area contributed by atoms with Crippen LogP contribution >= 0.6 is 46.6 Å². The molecule has 0 unspecified atom stereocenters. The molecular weight excluding hydrogens is 401 g/mol. The quantitative estimate of drug-likeness (QED) is 0.489. The van der Waals surface area contributed by atoms with Gasteiger partial charge in [-0.15, -0.1) is 10.2 Å². The molecule has 0 saturated carbocycles. The topological polar surface area (TPSA) is 39.9 Å². The van der Waals surface area contributed by atoms with Crippen molar-refractivity contribution in [1.82, 2.24) is 14.8 Å². The summed E-state index contributed by atoms with van der Waals surface area (Å²) in [4.78, 5) is 0. The standard InChI is InChI=1S/C17H14Cl3N3OS/c1-23-16(9-24-15-5-3-2-4-13(15)19)21-22-17(23)25-10-11-6-7-12(18)14(20)8-11/h2-8H,9-10H2,1H3. The van der Waals surface area contributed by atoms with Crippen LogP contribution in [-0.2, 0) is 19.4 Å². The zero-order valence-corrected chi connectivity index (χ0v) is 16.3. The average Bonchev–Trinajstić information content (AvgIpc) is 2.95. The fourth-order valence-electron chi connectivity index (χ4n) is 2.08. The number of benzene rings is 2. The highest BCUT2D eigenvalue weighted by atomic mass is 35.5. The first-order valence-electron chi connectivity index (χ1n) is 7.37. The number of rotatable bonds is 6. The lowest BCUT2D eigenvalue weighted by atomic mass is 10.2. The summed E-state index contributed by atoms with van der Waals surface area (Å²) in [6, 6.07) is 12.9. The van der Waals surface area contributed by atoms with Crippen LogP contribution in [0.2, 0.25) is 15.1 Å². The van der Waals surface area contributed by atoms with Crippen molar-refractivity contribution in [2.45, 2.75) is 17.5 Å². The van der Waals surface area contributed by atoms with Gasteiger partial charge in [-0.3, -0.25) is 0 Å². The lowest BCUT2D eigenvalue weighted by molar-refractivity contribution is 0.290. The maximum absolute atomic E-state index is 6.08. The Bertz CT molecular complexity index is 885. The summed E-state index contributed by atoms with van der Waals surface area (Å²) < 4.78 is 7.61. The first-order chi connectivity index (χ1) is 12.0. The minimum atomic E-state index is 0.292. The third-order valence-electron chi connectivity index (χ3n) is 3.47. The van der Waals surface area contributed by atoms with Gasteiger partial charge in [0.05, 0.1) is 15.1 Å². The van der Waals surface area contributed by atoms with E-state index in [9.17, 15) is 0 Å². The summed E-state index contributed by atoms with van der Waals surface area (Å²) >= 11 is 19.6. The van der Waals surface area contributed by atoms with Crippen LogP contribution in [0.15, 0.2) is 47.6 Å². The summed E-state index contributed by atoms with van der Waals surface area (Å²) in [6.45, 7) is 0.292. The molecule has 25 heavy (non-hydrogen) atoms. The summed E-state index contributed by atoms with van der Waals surface area (Å²) in [6.07, 6.45) is 0. The molecule has 0 spiro atoms. The smallest absolute Gasteiger partial charge is 0.191 e. The van der Waals surface area contributed by atoms with Gasteiger partial charge in [0, 0.05) is 12.8 Å². The second-order valence-corrected chi connectivity index (χ2v) is 7.38. The molecule has 1 heterocycles. The molecule has 4 nitrogen and oxygen atoms in total. The lowest BCUT2D eigenvalue weighted by Gasteiger charge is -2.08. The number of ether oxygens (including phenoxy) is 1. The fraction of sp³-hybridized carbons (Fsp3) is 0.176. The van der Waals surface area contributed by atoms with Crippen molar-refractivity contribution in [3.63, 3.8) is 0 Å². The van der Waals surface area contributed by atoms with Crippen molar-refractivity contribution in [1.29, 1.82) is 0 Å². The monoisotopic (exact) mass is 413 g/mol. The van der Waals surface area contributed by atoms with Crippen LogP contribution in [0.4, 0.5) is 0 Å². The first kappa shape index (κ1) is 18.4. The molecule has 0 N–H and O–H groups in total. The van der Waals surface area contributed by atoms with Crippen molar-refractivity contribution in [2.75, 3.05) is 0 Å². The van der Waals surface area contributed by atoms with Gasteiger partial charge in [-0.2, -0.15) is 0 Å². The Labute approximate surface area is 165 Å². The predicted octanol–water partition coefficient (Wildman–Crippen LogP) is 5.65. The Morgan fingerprint density at radius 2 is 1.80 bits per heavy atom. The molecular formula is C17H14Cl3N3OS. The molecule has 0 aliphatic heterocycles. The van der Waals surface area contributed by atoms with E-state index in [1.54, 1.807) is 23.9 Å². The van der Waals surface area contributed by atoms with E-state index in [-0.39, 0.29) is 0 Å². The second-order valence-electron chi connectivity index (χ2n) is 5.21. The predicted molar refractivity (Wildman–Crippen MR) is 103 cm³/mol. The van der Waals surface area contributed by atoms with Crippen molar-refractivity contribution in [3.05, 3.63) is 68.9 Å². The largest absolute Gasteiger partial charge is 0.484 e. The van der Waals surface area contributed by atoms with Crippen LogP contribution in [0, 0.1) is 0 Å². The summed E-state index contributed by atoms with van der Waals surface area (Å²) in [5, 5.41) is 10.9. The van der Waals surface area contributed by atoms with Gasteiger partial charge in [0.25, 0.3) is 0 Å². The molecule has 3 rings (SSSR count). The zero-order valence-electron chi connectivity index (χ0n) is 13.2. The molecule has 0 bridgehead atoms. The number of hydrogen-bond donors (Lipinski definition) is 0. The maximum Gasteiger partial charge on any atom is 0.191 e. The van der Waals surface area contributed by atoms with E-state index >= 15 is 0 Å². The average molecular weight is 415 g/mol. The van der Waals surface area contributed by atoms with Crippen molar-refractivity contribution in [3.8, 4) is 5.75 Å². The molecule has 130 valence electrons. The molecule has 0 atom stereocenters. The van der Waals surface area contributed by atoms with Gasteiger partial charge < -0.3 is 9.30 Å². The summed E-state index contributed by atoms with van der Waals surface area (Å²) in [5.74, 6) is 2.06. The van der Waals surface area contributed by atoms with E-state index in [0.717, 1.165) is 16.5 Å². The molecule has 0 amide bonds. The minimum absolute atomic E-state index is 0.292. The normalized spacial score (nSPS) is 10.9. The van der Waals surface area contributed by atoms with Crippen LogP contribution in [-0.4, -0.2) is 14.8 Å². The molecule has 0 saturated heterocycles. The highest BCUT2D eigenvalue weighted by Crippen LogP contribution is 2.27. The first-order valence-corrected chi connectivity index (χ1v) is 9.49. The Kier molecular flexibility index (Phi) is 6.12. The molecule has 3 aromatic rings. The van der Waals surface area contributed by atoms with E-state index in [0.29, 0.717) is 33.2 Å². The second kappa shape index (κ2) is 8.32. The Morgan fingerprint density at radius 1 is 1.00 bits per heavy atom. The molecule has 1 aromatic heterocycles. The number of thioether (sulfide) groups is 1. The molecule has 0 aliphatic carbocycles. The number of aromatic nitrogens is 3. The van der Waals surface area contributed by atoms with Crippen molar-refractivity contribution < 1.29 is 4.74 Å². The third kappa shape index (κ3) is 4.61.